The Morgan fingerprint density at radius 2 is 1.53 bits per heavy atom. The SMILES string of the molecule is CCCCCC.COC(=O)c1ccc(C)cc1. The molecule has 2 heteroatoms. The molecule has 1 aromatic carbocycles. The average molecular weight is 236 g/mol. The molecule has 0 spiro atoms. The van der Waals surface area contributed by atoms with E-state index in [1.54, 1.807) is 12.1 Å². The molecule has 0 N–H and O–H groups in total. The summed E-state index contributed by atoms with van der Waals surface area (Å²) in [6.07, 6.45) is 5.54. The van der Waals surface area contributed by atoms with Crippen LogP contribution in [0.5, 0.6) is 0 Å². The molecule has 0 aliphatic carbocycles. The third kappa shape index (κ3) is 7.56. The number of unbranched alkanes of at least 4 members (excludes halogenated alkanes) is 3. The minimum absolute atomic E-state index is 0.287. The summed E-state index contributed by atoms with van der Waals surface area (Å²) in [6, 6.07) is 7.26. The summed E-state index contributed by atoms with van der Waals surface area (Å²) in [5, 5.41) is 0. The molecule has 0 aliphatic rings. The summed E-state index contributed by atoms with van der Waals surface area (Å²) < 4.78 is 4.54. The first kappa shape index (κ1) is 15.7. The van der Waals surface area contributed by atoms with Crippen molar-refractivity contribution in [3.8, 4) is 0 Å². The van der Waals surface area contributed by atoms with Crippen LogP contribution < -0.4 is 0 Å². The first-order chi connectivity index (χ1) is 8.15. The molecule has 0 amide bonds. The lowest BCUT2D eigenvalue weighted by molar-refractivity contribution is 0.0601. The molecule has 1 aromatic rings. The van der Waals surface area contributed by atoms with Crippen LogP contribution in [0.2, 0.25) is 0 Å². The van der Waals surface area contributed by atoms with Crippen molar-refractivity contribution in [3.63, 3.8) is 0 Å². The van der Waals surface area contributed by atoms with E-state index in [-0.39, 0.29) is 5.97 Å². The van der Waals surface area contributed by atoms with Crippen molar-refractivity contribution < 1.29 is 9.53 Å². The molecule has 17 heavy (non-hydrogen) atoms. The van der Waals surface area contributed by atoms with E-state index in [0.717, 1.165) is 5.56 Å². The Morgan fingerprint density at radius 3 is 1.88 bits per heavy atom. The largest absolute Gasteiger partial charge is 0.465 e. The van der Waals surface area contributed by atoms with Crippen molar-refractivity contribution in [2.75, 3.05) is 7.11 Å². The quantitative estimate of drug-likeness (QED) is 0.573. The summed E-state index contributed by atoms with van der Waals surface area (Å²) in [5.74, 6) is -0.287. The molecular weight excluding hydrogens is 212 g/mol. The predicted octanol–water partition coefficient (Wildman–Crippen LogP) is 4.37. The van der Waals surface area contributed by atoms with Gasteiger partial charge in [0, 0.05) is 0 Å². The number of rotatable bonds is 4. The Hall–Kier alpha value is -1.31. The molecule has 0 unspecified atom stereocenters. The van der Waals surface area contributed by atoms with Crippen LogP contribution in [0.25, 0.3) is 0 Å². The van der Waals surface area contributed by atoms with Gasteiger partial charge < -0.3 is 4.74 Å². The lowest BCUT2D eigenvalue weighted by Gasteiger charge is -1.97. The highest BCUT2D eigenvalue weighted by atomic mass is 16.5. The van der Waals surface area contributed by atoms with Gasteiger partial charge in [-0.05, 0) is 19.1 Å². The molecule has 0 atom stereocenters. The first-order valence-corrected chi connectivity index (χ1v) is 6.30. The number of aryl methyl sites for hydroxylation is 1. The van der Waals surface area contributed by atoms with Gasteiger partial charge in [0.1, 0.15) is 0 Å². The van der Waals surface area contributed by atoms with Gasteiger partial charge >= 0.3 is 5.97 Å². The highest BCUT2D eigenvalue weighted by Gasteiger charge is 2.01. The van der Waals surface area contributed by atoms with Crippen LogP contribution in [-0.4, -0.2) is 13.1 Å². The number of ether oxygens (including phenoxy) is 1. The zero-order valence-electron chi connectivity index (χ0n) is 11.5. The predicted molar refractivity (Wildman–Crippen MR) is 72.3 cm³/mol. The van der Waals surface area contributed by atoms with Crippen LogP contribution in [0.3, 0.4) is 0 Å². The van der Waals surface area contributed by atoms with Crippen molar-refractivity contribution >= 4 is 5.97 Å². The van der Waals surface area contributed by atoms with Crippen molar-refractivity contribution in [1.82, 2.24) is 0 Å². The number of hydrogen-bond donors (Lipinski definition) is 0. The topological polar surface area (TPSA) is 26.3 Å². The number of methoxy groups -OCH3 is 1. The van der Waals surface area contributed by atoms with Crippen molar-refractivity contribution in [1.29, 1.82) is 0 Å². The van der Waals surface area contributed by atoms with Gasteiger partial charge in [-0.15, -0.1) is 0 Å². The molecule has 0 radical (unpaired) electrons. The first-order valence-electron chi connectivity index (χ1n) is 6.30. The van der Waals surface area contributed by atoms with Gasteiger partial charge in [-0.25, -0.2) is 4.79 Å². The Kier molecular flexibility index (Phi) is 9.12. The monoisotopic (exact) mass is 236 g/mol. The molecule has 0 fully saturated rings. The third-order valence-electron chi connectivity index (χ3n) is 2.43. The Morgan fingerprint density at radius 1 is 1.06 bits per heavy atom. The fourth-order valence-electron chi connectivity index (χ4n) is 1.31. The van der Waals surface area contributed by atoms with E-state index in [1.807, 2.05) is 19.1 Å². The standard InChI is InChI=1S/C9H10O2.C6H14/c1-7-3-5-8(6-4-7)9(10)11-2;1-3-5-6-4-2/h3-6H,1-2H3;3-6H2,1-2H3. The molecule has 0 bridgehead atoms. The number of hydrogen-bond acceptors (Lipinski definition) is 2. The fraction of sp³-hybridized carbons (Fsp3) is 0.533. The second-order valence-corrected chi connectivity index (χ2v) is 4.06. The highest BCUT2D eigenvalue weighted by molar-refractivity contribution is 5.89. The van der Waals surface area contributed by atoms with Gasteiger partial charge in [-0.1, -0.05) is 57.2 Å². The summed E-state index contributed by atoms with van der Waals surface area (Å²) in [4.78, 5) is 10.9. The Labute approximate surface area is 105 Å². The van der Waals surface area contributed by atoms with Crippen molar-refractivity contribution in [3.05, 3.63) is 35.4 Å². The third-order valence-corrected chi connectivity index (χ3v) is 2.43. The van der Waals surface area contributed by atoms with Crippen molar-refractivity contribution in [2.45, 2.75) is 46.5 Å². The molecule has 0 aromatic heterocycles. The molecule has 2 nitrogen and oxygen atoms in total. The van der Waals surface area contributed by atoms with Gasteiger partial charge in [0.2, 0.25) is 0 Å². The second kappa shape index (κ2) is 9.88. The minimum Gasteiger partial charge on any atom is -0.465 e. The molecular formula is C15H24O2. The Balaban J connectivity index is 0.000000366. The number of carbonyl (C=O) groups is 1. The number of benzene rings is 1. The summed E-state index contributed by atoms with van der Waals surface area (Å²) in [7, 11) is 1.38. The van der Waals surface area contributed by atoms with Crippen LogP contribution in [-0.2, 0) is 4.74 Å². The average Bonchev–Trinajstić information content (AvgIpc) is 2.37. The van der Waals surface area contributed by atoms with E-state index in [0.29, 0.717) is 5.56 Å². The maximum Gasteiger partial charge on any atom is 0.337 e. The van der Waals surface area contributed by atoms with E-state index < -0.39 is 0 Å². The zero-order valence-corrected chi connectivity index (χ0v) is 11.5. The van der Waals surface area contributed by atoms with Crippen LogP contribution >= 0.6 is 0 Å². The fourth-order valence-corrected chi connectivity index (χ4v) is 1.31. The van der Waals surface area contributed by atoms with E-state index in [1.165, 1.54) is 32.8 Å². The molecule has 0 saturated heterocycles. The zero-order chi connectivity index (χ0) is 13.1. The maximum absolute atomic E-state index is 10.9. The van der Waals surface area contributed by atoms with Crippen molar-refractivity contribution in [2.24, 2.45) is 0 Å². The van der Waals surface area contributed by atoms with Crippen LogP contribution in [0.15, 0.2) is 24.3 Å². The normalized spacial score (nSPS) is 9.18. The summed E-state index contributed by atoms with van der Waals surface area (Å²) in [5.41, 5.74) is 1.73. The van der Waals surface area contributed by atoms with Gasteiger partial charge in [0.15, 0.2) is 0 Å². The molecule has 0 heterocycles. The van der Waals surface area contributed by atoms with Gasteiger partial charge in [0.05, 0.1) is 12.7 Å². The smallest absolute Gasteiger partial charge is 0.337 e. The molecule has 0 aliphatic heterocycles. The number of esters is 1. The number of carbonyl (C=O) groups excluding carboxylic acids is 1. The maximum atomic E-state index is 10.9. The Bertz CT molecular complexity index is 297. The summed E-state index contributed by atoms with van der Waals surface area (Å²) >= 11 is 0. The lowest BCUT2D eigenvalue weighted by Crippen LogP contribution is -2.00. The van der Waals surface area contributed by atoms with Crippen LogP contribution in [0, 0.1) is 6.92 Å². The van der Waals surface area contributed by atoms with Gasteiger partial charge in [-0.3, -0.25) is 0 Å². The summed E-state index contributed by atoms with van der Waals surface area (Å²) in [6.45, 7) is 6.44. The van der Waals surface area contributed by atoms with E-state index in [9.17, 15) is 4.79 Å². The van der Waals surface area contributed by atoms with E-state index in [4.69, 9.17) is 0 Å². The van der Waals surface area contributed by atoms with Gasteiger partial charge in [-0.2, -0.15) is 0 Å². The second-order valence-electron chi connectivity index (χ2n) is 4.06. The van der Waals surface area contributed by atoms with Crippen LogP contribution in [0.4, 0.5) is 0 Å². The minimum atomic E-state index is -0.287. The van der Waals surface area contributed by atoms with Crippen LogP contribution in [0.1, 0.15) is 55.5 Å². The van der Waals surface area contributed by atoms with E-state index >= 15 is 0 Å². The highest BCUT2D eigenvalue weighted by Crippen LogP contribution is 2.03. The lowest BCUT2D eigenvalue weighted by atomic mass is 10.2. The molecule has 1 rings (SSSR count). The molecule has 0 saturated carbocycles. The van der Waals surface area contributed by atoms with E-state index in [2.05, 4.69) is 18.6 Å². The van der Waals surface area contributed by atoms with Gasteiger partial charge in [0.25, 0.3) is 0 Å². The molecule has 96 valence electrons.